The summed E-state index contributed by atoms with van der Waals surface area (Å²) >= 11 is 0. The number of nitrogens with one attached hydrogen (secondary N) is 1. The van der Waals surface area contributed by atoms with E-state index in [0.717, 1.165) is 51.4 Å². The van der Waals surface area contributed by atoms with E-state index in [-0.39, 0.29) is 6.42 Å². The lowest BCUT2D eigenvalue weighted by atomic mass is 9.99. The molecule has 1 aliphatic heterocycles. The van der Waals surface area contributed by atoms with E-state index in [1.54, 1.807) is 6.08 Å². The average Bonchev–Trinajstić information content (AvgIpc) is 3.06. The minimum atomic E-state index is -5.11. The van der Waals surface area contributed by atoms with Gasteiger partial charge in [-0.15, -0.1) is 0 Å². The lowest BCUT2D eigenvalue weighted by molar-refractivity contribution is -0.298. The number of amides is 1. The zero-order valence-corrected chi connectivity index (χ0v) is 30.4. The van der Waals surface area contributed by atoms with Gasteiger partial charge in [-0.2, -0.15) is 8.42 Å². The minimum Gasteiger partial charge on any atom is -0.394 e. The third-order valence-corrected chi connectivity index (χ3v) is 9.05. The second-order valence-electron chi connectivity index (χ2n) is 12.9. The molecular weight excluding hydrogens is 658 g/mol. The number of hydrogen-bond donors (Lipinski definition) is 7. The lowest BCUT2D eigenvalue weighted by Gasteiger charge is -2.41. The summed E-state index contributed by atoms with van der Waals surface area (Å²) in [6.45, 7) is 3.08. The number of carbonyl (C=O) groups is 1. The Kier molecular flexibility index (Phi) is 25.3. The molecule has 1 fully saturated rings. The van der Waals surface area contributed by atoms with E-state index in [0.29, 0.717) is 12.8 Å². The standard InChI is InChI=1S/C35H65NO12S/c1-3-5-7-9-11-13-15-17-19-21-23-28(38)27(36-34(42)29(39)24-22-20-18-16-14-12-10-8-6-4-2)26-46-35-32(41)33(48-49(43,44)45)31(40)30(25-37)47-35/h10,12,21,23,27-33,35,37-41H,3-9,11,13-20,22,24-26H2,1-2H3,(H,36,42)(H,43,44,45)/b12-10-,23-21+. The van der Waals surface area contributed by atoms with E-state index >= 15 is 0 Å². The number of rotatable bonds is 29. The predicted molar refractivity (Wildman–Crippen MR) is 187 cm³/mol. The average molecular weight is 724 g/mol. The molecule has 8 atom stereocenters. The summed E-state index contributed by atoms with van der Waals surface area (Å²) in [6, 6.07) is -1.12. The first-order chi connectivity index (χ1) is 23.4. The van der Waals surface area contributed by atoms with Crippen LogP contribution in [0.25, 0.3) is 0 Å². The maximum atomic E-state index is 12.9. The third kappa shape index (κ3) is 20.9. The van der Waals surface area contributed by atoms with Crippen LogP contribution in [-0.4, -0.2) is 107 Å². The highest BCUT2D eigenvalue weighted by molar-refractivity contribution is 7.80. The van der Waals surface area contributed by atoms with Crippen molar-refractivity contribution in [2.24, 2.45) is 0 Å². The summed E-state index contributed by atoms with van der Waals surface area (Å²) in [7, 11) is -5.11. The maximum Gasteiger partial charge on any atom is 0.397 e. The molecule has 1 amide bonds. The Hall–Kier alpha value is -1.46. The largest absolute Gasteiger partial charge is 0.397 e. The molecule has 13 nitrogen and oxygen atoms in total. The molecule has 1 heterocycles. The molecule has 1 rings (SSSR count). The van der Waals surface area contributed by atoms with Crippen LogP contribution in [0.15, 0.2) is 24.3 Å². The Bertz CT molecular complexity index is 1010. The molecule has 0 saturated carbocycles. The molecule has 0 aromatic rings. The highest BCUT2D eigenvalue weighted by Gasteiger charge is 2.48. The van der Waals surface area contributed by atoms with E-state index in [1.165, 1.54) is 51.0 Å². The summed E-state index contributed by atoms with van der Waals surface area (Å²) in [5.74, 6) is -0.718. The Morgan fingerprint density at radius 3 is 1.96 bits per heavy atom. The van der Waals surface area contributed by atoms with Gasteiger partial charge in [-0.05, 0) is 38.5 Å². The normalized spacial score (nSPS) is 23.6. The van der Waals surface area contributed by atoms with E-state index < -0.39 is 78.5 Å². The molecule has 0 aliphatic carbocycles. The van der Waals surface area contributed by atoms with Crippen molar-refractivity contribution in [3.63, 3.8) is 0 Å². The zero-order chi connectivity index (χ0) is 36.5. The number of aliphatic hydroxyl groups excluding tert-OH is 5. The van der Waals surface area contributed by atoms with Crippen LogP contribution < -0.4 is 5.32 Å². The zero-order valence-electron chi connectivity index (χ0n) is 29.6. The quantitative estimate of drug-likeness (QED) is 0.0332. The minimum absolute atomic E-state index is 0.227. The van der Waals surface area contributed by atoms with Crippen molar-refractivity contribution in [3.05, 3.63) is 24.3 Å². The van der Waals surface area contributed by atoms with E-state index in [9.17, 15) is 38.7 Å². The van der Waals surface area contributed by atoms with Crippen molar-refractivity contribution < 1.29 is 57.0 Å². The topological polar surface area (TPSA) is 212 Å². The first-order valence-corrected chi connectivity index (χ1v) is 19.7. The molecule has 0 spiro atoms. The van der Waals surface area contributed by atoms with Gasteiger partial charge in [0.15, 0.2) is 6.29 Å². The smallest absolute Gasteiger partial charge is 0.394 e. The van der Waals surface area contributed by atoms with Gasteiger partial charge in [0.05, 0.1) is 25.4 Å². The van der Waals surface area contributed by atoms with Crippen molar-refractivity contribution in [2.45, 2.75) is 178 Å². The van der Waals surface area contributed by atoms with Gasteiger partial charge in [0.1, 0.15) is 30.5 Å². The summed E-state index contributed by atoms with van der Waals surface area (Å²) in [5.41, 5.74) is 0. The SMILES string of the molecule is CCCC/C=C\CCCCCCC(O)C(=O)NC(COC1OC(CO)C(O)C(OS(=O)(=O)O)C1O)C(O)/C=C/CCCCCCCCCC. The first-order valence-electron chi connectivity index (χ1n) is 18.3. The molecule has 8 unspecified atom stereocenters. The number of carbonyl (C=O) groups excluding carboxylic acids is 1. The van der Waals surface area contributed by atoms with Gasteiger partial charge in [0.2, 0.25) is 5.91 Å². The molecule has 0 bridgehead atoms. The molecular formula is C35H65NO12S. The first kappa shape index (κ1) is 45.6. The van der Waals surface area contributed by atoms with Gasteiger partial charge in [-0.25, -0.2) is 4.18 Å². The van der Waals surface area contributed by atoms with Gasteiger partial charge < -0.3 is 40.3 Å². The summed E-state index contributed by atoms with van der Waals surface area (Å²) < 4.78 is 47.1. The predicted octanol–water partition coefficient (Wildman–Crippen LogP) is 4.01. The van der Waals surface area contributed by atoms with Gasteiger partial charge >= 0.3 is 10.4 Å². The lowest BCUT2D eigenvalue weighted by Crippen LogP contribution is -2.61. The Balaban J connectivity index is 2.77. The molecule has 14 heteroatoms. The van der Waals surface area contributed by atoms with Crippen molar-refractivity contribution in [1.29, 1.82) is 0 Å². The highest BCUT2D eigenvalue weighted by Crippen LogP contribution is 2.26. The van der Waals surface area contributed by atoms with Crippen LogP contribution in [0.5, 0.6) is 0 Å². The second-order valence-corrected chi connectivity index (χ2v) is 14.0. The second kappa shape index (κ2) is 27.2. The van der Waals surface area contributed by atoms with Crippen molar-refractivity contribution >= 4 is 16.3 Å². The van der Waals surface area contributed by atoms with Crippen LogP contribution in [0.2, 0.25) is 0 Å². The van der Waals surface area contributed by atoms with Crippen LogP contribution >= 0.6 is 0 Å². The van der Waals surface area contributed by atoms with Gasteiger partial charge in [-0.1, -0.05) is 115 Å². The van der Waals surface area contributed by atoms with E-state index in [1.807, 2.05) is 0 Å². The molecule has 0 radical (unpaired) electrons. The molecule has 1 saturated heterocycles. The van der Waals surface area contributed by atoms with Gasteiger partial charge in [0, 0.05) is 0 Å². The number of unbranched alkanes of at least 4 members (excludes halogenated alkanes) is 14. The van der Waals surface area contributed by atoms with Crippen LogP contribution in [-0.2, 0) is 28.9 Å². The molecule has 7 N–H and O–H groups in total. The van der Waals surface area contributed by atoms with E-state index in [2.05, 4.69) is 35.5 Å². The summed E-state index contributed by atoms with van der Waals surface area (Å²) in [6.07, 6.45) is 14.4. The fraction of sp³-hybridized carbons (Fsp3) is 0.857. The van der Waals surface area contributed by atoms with E-state index in [4.69, 9.17) is 14.0 Å². The van der Waals surface area contributed by atoms with Crippen molar-refractivity contribution in [2.75, 3.05) is 13.2 Å². The number of aliphatic hydroxyl groups is 5. The van der Waals surface area contributed by atoms with Gasteiger partial charge in [-0.3, -0.25) is 9.35 Å². The van der Waals surface area contributed by atoms with Gasteiger partial charge in [0.25, 0.3) is 0 Å². The maximum absolute atomic E-state index is 12.9. The Morgan fingerprint density at radius 1 is 0.816 bits per heavy atom. The van der Waals surface area contributed by atoms with Crippen LogP contribution in [0.4, 0.5) is 0 Å². The Morgan fingerprint density at radius 2 is 1.37 bits per heavy atom. The fourth-order valence-electron chi connectivity index (χ4n) is 5.56. The molecule has 0 aromatic carbocycles. The third-order valence-electron chi connectivity index (χ3n) is 8.58. The van der Waals surface area contributed by atoms with Crippen molar-refractivity contribution in [1.82, 2.24) is 5.32 Å². The highest BCUT2D eigenvalue weighted by atomic mass is 32.3. The molecule has 0 aromatic heterocycles. The number of allylic oxidation sites excluding steroid dienone is 3. The van der Waals surface area contributed by atoms with Crippen molar-refractivity contribution in [3.8, 4) is 0 Å². The summed E-state index contributed by atoms with van der Waals surface area (Å²) in [5, 5.41) is 54.6. The number of hydrogen-bond acceptors (Lipinski definition) is 11. The number of ether oxygens (including phenoxy) is 2. The fourth-order valence-corrected chi connectivity index (χ4v) is 6.06. The Labute approximate surface area is 294 Å². The monoisotopic (exact) mass is 723 g/mol. The molecule has 49 heavy (non-hydrogen) atoms. The summed E-state index contributed by atoms with van der Waals surface area (Å²) in [4.78, 5) is 12.9. The van der Waals surface area contributed by atoms with Crippen LogP contribution in [0.1, 0.15) is 129 Å². The molecule has 288 valence electrons. The van der Waals surface area contributed by atoms with Crippen LogP contribution in [0, 0.1) is 0 Å². The molecule has 1 aliphatic rings. The van der Waals surface area contributed by atoms with Crippen LogP contribution in [0.3, 0.4) is 0 Å².